The second-order valence-corrected chi connectivity index (χ2v) is 8.08. The molecular weight excluding hydrogens is 452 g/mol. The summed E-state index contributed by atoms with van der Waals surface area (Å²) in [7, 11) is 0. The summed E-state index contributed by atoms with van der Waals surface area (Å²) in [6.07, 6.45) is -3.74. The van der Waals surface area contributed by atoms with Crippen LogP contribution in [-0.4, -0.2) is 90.0 Å². The van der Waals surface area contributed by atoms with Crippen LogP contribution in [0, 0.1) is 0 Å². The summed E-state index contributed by atoms with van der Waals surface area (Å²) in [5.74, 6) is 0.746. The highest BCUT2D eigenvalue weighted by Crippen LogP contribution is 2.22. The van der Waals surface area contributed by atoms with E-state index in [0.29, 0.717) is 24.7 Å². The average Bonchev–Trinajstić information content (AvgIpc) is 2.77. The van der Waals surface area contributed by atoms with Crippen LogP contribution in [-0.2, 0) is 0 Å². The van der Waals surface area contributed by atoms with Crippen molar-refractivity contribution in [3.8, 4) is 0 Å². The summed E-state index contributed by atoms with van der Waals surface area (Å²) in [5.41, 5.74) is 10.4. The third kappa shape index (κ3) is 5.48. The van der Waals surface area contributed by atoms with Gasteiger partial charge in [0, 0.05) is 13.1 Å². The van der Waals surface area contributed by atoms with E-state index in [1.807, 2.05) is 0 Å². The average molecular weight is 483 g/mol. The molecule has 0 saturated carbocycles. The zero-order valence-electron chi connectivity index (χ0n) is 18.5. The van der Waals surface area contributed by atoms with E-state index in [2.05, 4.69) is 41.2 Å². The number of aliphatic hydroxyl groups is 4. The second-order valence-electron chi connectivity index (χ2n) is 8.08. The Bertz CT molecular complexity index is 1030. The molecule has 0 bridgehead atoms. The van der Waals surface area contributed by atoms with Gasteiger partial charge in [-0.05, 0) is 13.8 Å². The van der Waals surface area contributed by atoms with Crippen LogP contribution in [0.15, 0.2) is 9.59 Å². The molecule has 2 aliphatic heterocycles. The van der Waals surface area contributed by atoms with Gasteiger partial charge in [0.05, 0.1) is 24.3 Å². The Balaban J connectivity index is 0.000000191. The molecule has 0 unspecified atom stereocenters. The monoisotopic (exact) mass is 482 g/mol. The van der Waals surface area contributed by atoms with Gasteiger partial charge in [-0.3, -0.25) is 19.6 Å². The highest BCUT2D eigenvalue weighted by Gasteiger charge is 2.30. The minimum atomic E-state index is -0.979. The highest BCUT2D eigenvalue weighted by atomic mass is 16.3. The van der Waals surface area contributed by atoms with Crippen LogP contribution >= 0.6 is 0 Å². The summed E-state index contributed by atoms with van der Waals surface area (Å²) < 4.78 is 0. The van der Waals surface area contributed by atoms with Gasteiger partial charge in [-0.2, -0.15) is 9.97 Å². The lowest BCUT2D eigenvalue weighted by atomic mass is 10.0. The topological polar surface area (TPSA) is 273 Å². The number of nitrogen functional groups attached to an aromatic ring is 2. The van der Waals surface area contributed by atoms with E-state index in [-0.39, 0.29) is 23.3 Å². The number of H-pyrrole nitrogens is 2. The van der Waals surface area contributed by atoms with Crippen molar-refractivity contribution in [2.45, 2.75) is 50.3 Å². The summed E-state index contributed by atoms with van der Waals surface area (Å²) in [6.45, 7) is 3.64. The van der Waals surface area contributed by atoms with E-state index >= 15 is 0 Å². The van der Waals surface area contributed by atoms with Gasteiger partial charge in [0.25, 0.3) is 11.1 Å². The number of rotatable bonds is 4. The number of aromatic nitrogens is 4. The Morgan fingerprint density at radius 1 is 0.765 bits per heavy atom. The predicted molar refractivity (Wildman–Crippen MR) is 126 cm³/mol. The van der Waals surface area contributed by atoms with Crippen molar-refractivity contribution in [3.05, 3.63) is 20.7 Å². The van der Waals surface area contributed by atoms with Gasteiger partial charge >= 0.3 is 0 Å². The van der Waals surface area contributed by atoms with E-state index < -0.39 is 47.6 Å². The molecule has 2 aromatic heterocycles. The minimum Gasteiger partial charge on any atom is -0.391 e. The molecule has 16 heteroatoms. The fourth-order valence-electron chi connectivity index (χ4n) is 3.48. The van der Waals surface area contributed by atoms with E-state index in [0.717, 1.165) is 0 Å². The van der Waals surface area contributed by atoms with Crippen molar-refractivity contribution in [1.29, 1.82) is 0 Å². The van der Waals surface area contributed by atoms with Crippen molar-refractivity contribution in [2.24, 2.45) is 0 Å². The Hall–Kier alpha value is -3.60. The molecular formula is C18H30N10O6. The fourth-order valence-corrected chi connectivity index (χ4v) is 3.48. The summed E-state index contributed by atoms with van der Waals surface area (Å²) in [5, 5.41) is 49.5. The molecule has 4 heterocycles. The minimum absolute atomic E-state index is 0.0255. The Kier molecular flexibility index (Phi) is 7.45. The first-order valence-corrected chi connectivity index (χ1v) is 10.5. The first kappa shape index (κ1) is 25.0. The Morgan fingerprint density at radius 3 is 1.44 bits per heavy atom. The molecule has 6 atom stereocenters. The number of aliphatic hydroxyl groups excluding tert-OH is 4. The third-order valence-corrected chi connectivity index (χ3v) is 5.33. The molecule has 0 radical (unpaired) electrons. The molecule has 0 amide bonds. The lowest BCUT2D eigenvalue weighted by molar-refractivity contribution is 0.0214. The number of nitrogens with one attached hydrogen (secondary N) is 6. The van der Waals surface area contributed by atoms with Crippen LogP contribution in [0.2, 0.25) is 0 Å². The zero-order chi connectivity index (χ0) is 25.2. The molecule has 0 saturated heterocycles. The largest absolute Gasteiger partial charge is 0.391 e. The lowest BCUT2D eigenvalue weighted by Gasteiger charge is -2.31. The van der Waals surface area contributed by atoms with Gasteiger partial charge in [0.2, 0.25) is 11.9 Å². The maximum atomic E-state index is 11.6. The van der Waals surface area contributed by atoms with Gasteiger partial charge in [-0.15, -0.1) is 0 Å². The van der Waals surface area contributed by atoms with Crippen LogP contribution < -0.4 is 43.9 Å². The summed E-state index contributed by atoms with van der Waals surface area (Å²) in [4.78, 5) is 35.7. The zero-order valence-corrected chi connectivity index (χ0v) is 18.5. The molecule has 4 rings (SSSR count). The standard InChI is InChI=1S/2C9H15N5O3/c2*1-3(15)6(16)4-2-11-7-5(12-4)8(17)14-9(10)13-7/h2*3-4,6,12,15-16H,2H2,1H3,(H4,10,11,13,14,17)/t2*3-,4+,6-/m00/s1. The van der Waals surface area contributed by atoms with Crippen molar-refractivity contribution in [1.82, 2.24) is 19.9 Å². The van der Waals surface area contributed by atoms with Gasteiger partial charge < -0.3 is 53.2 Å². The van der Waals surface area contributed by atoms with E-state index in [4.69, 9.17) is 11.5 Å². The highest BCUT2D eigenvalue weighted by molar-refractivity contribution is 5.68. The van der Waals surface area contributed by atoms with E-state index in [1.54, 1.807) is 0 Å². The van der Waals surface area contributed by atoms with Crippen LogP contribution in [0.25, 0.3) is 0 Å². The van der Waals surface area contributed by atoms with Gasteiger partial charge in [-0.25, -0.2) is 0 Å². The molecule has 0 aliphatic carbocycles. The summed E-state index contributed by atoms with van der Waals surface area (Å²) in [6, 6.07) is -0.928. The van der Waals surface area contributed by atoms with Crippen LogP contribution in [0.1, 0.15) is 13.8 Å². The van der Waals surface area contributed by atoms with Gasteiger partial charge in [-0.1, -0.05) is 0 Å². The SMILES string of the molecule is C[C@H](O)[C@H](O)[C@H]1CNc2nc(N)[nH]c(=O)c2N1.C[C@H](O)[C@H](O)[C@H]1CNc2nc(N)[nH]c(=O)c2N1. The number of hydrogen-bond donors (Lipinski definition) is 12. The maximum Gasteiger partial charge on any atom is 0.277 e. The molecule has 0 spiro atoms. The van der Waals surface area contributed by atoms with Crippen molar-refractivity contribution in [2.75, 3.05) is 45.8 Å². The van der Waals surface area contributed by atoms with Gasteiger partial charge in [0.1, 0.15) is 23.6 Å². The number of nitrogens with zero attached hydrogens (tertiary/aromatic N) is 2. The number of anilines is 6. The summed E-state index contributed by atoms with van der Waals surface area (Å²) >= 11 is 0. The molecule has 2 aliphatic rings. The number of hydrogen-bond acceptors (Lipinski definition) is 14. The maximum absolute atomic E-state index is 11.6. The number of fused-ring (bicyclic) bond motifs is 2. The predicted octanol–water partition coefficient (Wildman–Crippen LogP) is -3.40. The van der Waals surface area contributed by atoms with E-state index in [9.17, 15) is 30.0 Å². The van der Waals surface area contributed by atoms with E-state index in [1.165, 1.54) is 13.8 Å². The molecule has 188 valence electrons. The third-order valence-electron chi connectivity index (χ3n) is 5.33. The quantitative estimate of drug-likeness (QED) is 0.202. The molecule has 16 nitrogen and oxygen atoms in total. The first-order valence-electron chi connectivity index (χ1n) is 10.5. The van der Waals surface area contributed by atoms with Crippen LogP contribution in [0.4, 0.5) is 34.9 Å². The first-order chi connectivity index (χ1) is 16.0. The second kappa shape index (κ2) is 10.1. The molecule has 0 fully saturated rings. The molecule has 0 aromatic carbocycles. The Morgan fingerprint density at radius 2 is 1.12 bits per heavy atom. The number of nitrogens with two attached hydrogens (primary N) is 2. The van der Waals surface area contributed by atoms with Crippen molar-refractivity contribution < 1.29 is 20.4 Å². The van der Waals surface area contributed by atoms with Crippen LogP contribution in [0.5, 0.6) is 0 Å². The van der Waals surface area contributed by atoms with Crippen molar-refractivity contribution in [3.63, 3.8) is 0 Å². The normalized spacial score (nSPS) is 21.9. The molecule has 34 heavy (non-hydrogen) atoms. The molecule has 2 aromatic rings. The fraction of sp³-hybridized carbons (Fsp3) is 0.556. The number of aromatic amines is 2. The van der Waals surface area contributed by atoms with Crippen LogP contribution in [0.3, 0.4) is 0 Å². The lowest BCUT2D eigenvalue weighted by Crippen LogP contribution is -2.48. The Labute approximate surface area is 192 Å². The smallest absolute Gasteiger partial charge is 0.277 e. The molecule has 14 N–H and O–H groups in total. The van der Waals surface area contributed by atoms with Crippen molar-refractivity contribution >= 4 is 34.9 Å². The van der Waals surface area contributed by atoms with Gasteiger partial charge in [0.15, 0.2) is 11.6 Å².